The first-order chi connectivity index (χ1) is 13.3. The maximum Gasteiger partial charge on any atom is 0.191 e. The normalized spacial score (nSPS) is 16.6. The van der Waals surface area contributed by atoms with E-state index in [1.165, 1.54) is 32.1 Å². The average Bonchev–Trinajstić information content (AvgIpc) is 3.10. The molecule has 156 valence electrons. The molecule has 8 heteroatoms. The molecule has 1 aliphatic rings. The second kappa shape index (κ2) is 11.5. The van der Waals surface area contributed by atoms with Crippen LogP contribution < -0.4 is 10.6 Å². The molecule has 0 unspecified atom stereocenters. The fraction of sp³-hybridized carbons (Fsp3) is 0.650. The summed E-state index contributed by atoms with van der Waals surface area (Å²) in [7, 11) is 0. The minimum atomic E-state index is 0. The molecular weight excluding hydrogens is 467 g/mol. The van der Waals surface area contributed by atoms with Crippen LogP contribution in [0.3, 0.4) is 0 Å². The SMILES string of the molecule is CCNC(=NCC1(CCO)CCCCC1)NCCc1nnc2ccccn12.I. The van der Waals surface area contributed by atoms with Gasteiger partial charge < -0.3 is 15.7 Å². The minimum absolute atomic E-state index is 0. The minimum Gasteiger partial charge on any atom is -0.396 e. The van der Waals surface area contributed by atoms with Crippen LogP contribution in [0.25, 0.3) is 5.65 Å². The van der Waals surface area contributed by atoms with Crippen LogP contribution in [0.2, 0.25) is 0 Å². The van der Waals surface area contributed by atoms with Crippen LogP contribution in [0.1, 0.15) is 51.3 Å². The van der Waals surface area contributed by atoms with E-state index in [0.29, 0.717) is 0 Å². The lowest BCUT2D eigenvalue weighted by molar-refractivity contribution is 0.137. The summed E-state index contributed by atoms with van der Waals surface area (Å²) in [6.07, 6.45) is 9.76. The Kier molecular flexibility index (Phi) is 9.43. The molecule has 2 aromatic heterocycles. The number of hydrogen-bond donors (Lipinski definition) is 3. The number of halogens is 1. The van der Waals surface area contributed by atoms with Crippen molar-refractivity contribution in [1.82, 2.24) is 25.2 Å². The molecule has 0 aliphatic heterocycles. The van der Waals surface area contributed by atoms with E-state index < -0.39 is 0 Å². The molecule has 0 radical (unpaired) electrons. The molecular formula is C20H33IN6O. The Bertz CT molecular complexity index is 736. The zero-order valence-electron chi connectivity index (χ0n) is 16.7. The van der Waals surface area contributed by atoms with Gasteiger partial charge in [0.1, 0.15) is 5.82 Å². The molecule has 0 atom stereocenters. The van der Waals surface area contributed by atoms with E-state index in [9.17, 15) is 5.11 Å². The van der Waals surface area contributed by atoms with E-state index in [1.807, 2.05) is 28.8 Å². The second-order valence-electron chi connectivity index (χ2n) is 7.45. The molecule has 1 fully saturated rings. The summed E-state index contributed by atoms with van der Waals surface area (Å²) < 4.78 is 2.02. The summed E-state index contributed by atoms with van der Waals surface area (Å²) in [5.41, 5.74) is 1.04. The zero-order chi connectivity index (χ0) is 19.0. The van der Waals surface area contributed by atoms with Crippen molar-refractivity contribution in [3.05, 3.63) is 30.2 Å². The number of pyridine rings is 1. The van der Waals surface area contributed by atoms with E-state index in [4.69, 9.17) is 4.99 Å². The Morgan fingerprint density at radius 1 is 1.21 bits per heavy atom. The fourth-order valence-corrected chi connectivity index (χ4v) is 3.97. The number of nitrogens with zero attached hydrogens (tertiary/aromatic N) is 4. The van der Waals surface area contributed by atoms with Gasteiger partial charge in [-0.1, -0.05) is 25.3 Å². The van der Waals surface area contributed by atoms with Crippen molar-refractivity contribution in [2.24, 2.45) is 10.4 Å². The van der Waals surface area contributed by atoms with Gasteiger partial charge in [0.15, 0.2) is 11.6 Å². The Morgan fingerprint density at radius 3 is 2.79 bits per heavy atom. The highest BCUT2D eigenvalue weighted by Crippen LogP contribution is 2.39. The Morgan fingerprint density at radius 2 is 2.04 bits per heavy atom. The van der Waals surface area contributed by atoms with Crippen molar-refractivity contribution in [3.63, 3.8) is 0 Å². The summed E-state index contributed by atoms with van der Waals surface area (Å²) in [5.74, 6) is 1.78. The highest BCUT2D eigenvalue weighted by atomic mass is 127. The number of aliphatic hydroxyl groups is 1. The van der Waals surface area contributed by atoms with Crippen LogP contribution in [0.15, 0.2) is 29.4 Å². The van der Waals surface area contributed by atoms with Crippen molar-refractivity contribution < 1.29 is 5.11 Å². The first-order valence-electron chi connectivity index (χ1n) is 10.2. The molecule has 2 heterocycles. The first kappa shape index (κ1) is 22.9. The number of nitrogens with one attached hydrogen (secondary N) is 2. The highest BCUT2D eigenvalue weighted by molar-refractivity contribution is 14.0. The molecule has 7 nitrogen and oxygen atoms in total. The number of aliphatic hydroxyl groups excluding tert-OH is 1. The van der Waals surface area contributed by atoms with E-state index >= 15 is 0 Å². The van der Waals surface area contributed by atoms with Gasteiger partial charge in [0.2, 0.25) is 0 Å². The van der Waals surface area contributed by atoms with Crippen molar-refractivity contribution >= 4 is 35.6 Å². The molecule has 0 bridgehead atoms. The predicted octanol–water partition coefficient (Wildman–Crippen LogP) is 2.78. The van der Waals surface area contributed by atoms with Crippen molar-refractivity contribution in [1.29, 1.82) is 0 Å². The third kappa shape index (κ3) is 6.04. The lowest BCUT2D eigenvalue weighted by atomic mass is 9.72. The van der Waals surface area contributed by atoms with Crippen LogP contribution in [-0.4, -0.2) is 51.9 Å². The third-order valence-corrected chi connectivity index (χ3v) is 5.50. The lowest BCUT2D eigenvalue weighted by Gasteiger charge is -2.35. The molecule has 0 spiro atoms. The van der Waals surface area contributed by atoms with Crippen LogP contribution in [0, 0.1) is 5.41 Å². The molecule has 0 saturated heterocycles. The third-order valence-electron chi connectivity index (χ3n) is 5.50. The monoisotopic (exact) mass is 500 g/mol. The molecule has 3 rings (SSSR count). The summed E-state index contributed by atoms with van der Waals surface area (Å²) in [4.78, 5) is 4.85. The van der Waals surface area contributed by atoms with Gasteiger partial charge in [0.25, 0.3) is 0 Å². The number of aliphatic imine (C=N–C) groups is 1. The summed E-state index contributed by atoms with van der Waals surface area (Å²) in [6, 6.07) is 5.92. The van der Waals surface area contributed by atoms with Crippen LogP contribution in [0.5, 0.6) is 0 Å². The average molecular weight is 500 g/mol. The lowest BCUT2D eigenvalue weighted by Crippen LogP contribution is -2.40. The number of aromatic nitrogens is 3. The maximum atomic E-state index is 9.49. The quantitative estimate of drug-likeness (QED) is 0.295. The molecule has 0 amide bonds. The standard InChI is InChI=1S/C20H32N6O.HI/c1-2-21-19(23-16-20(12-15-27)10-5-3-6-11-20)22-13-9-18-25-24-17-8-4-7-14-26(17)18;/h4,7-8,14,27H,2-3,5-6,9-13,15-16H2,1H3,(H2,21,22,23);1H. The molecule has 3 N–H and O–H groups in total. The van der Waals surface area contributed by atoms with Gasteiger partial charge in [-0.15, -0.1) is 34.2 Å². The van der Waals surface area contributed by atoms with Crippen molar-refractivity contribution in [2.75, 3.05) is 26.2 Å². The summed E-state index contributed by atoms with van der Waals surface area (Å²) in [5, 5.41) is 24.7. The van der Waals surface area contributed by atoms with Gasteiger partial charge in [0.05, 0.1) is 0 Å². The van der Waals surface area contributed by atoms with Gasteiger partial charge in [-0.25, -0.2) is 0 Å². The predicted molar refractivity (Wildman–Crippen MR) is 123 cm³/mol. The molecule has 28 heavy (non-hydrogen) atoms. The molecule has 1 saturated carbocycles. The highest BCUT2D eigenvalue weighted by Gasteiger charge is 2.31. The molecule has 1 aliphatic carbocycles. The van der Waals surface area contributed by atoms with Crippen molar-refractivity contribution in [2.45, 2.75) is 51.9 Å². The van der Waals surface area contributed by atoms with Gasteiger partial charge in [0, 0.05) is 38.9 Å². The Labute approximate surface area is 184 Å². The van der Waals surface area contributed by atoms with Gasteiger partial charge >= 0.3 is 0 Å². The van der Waals surface area contributed by atoms with Crippen LogP contribution >= 0.6 is 24.0 Å². The van der Waals surface area contributed by atoms with Crippen LogP contribution in [0.4, 0.5) is 0 Å². The topological polar surface area (TPSA) is 86.8 Å². The second-order valence-corrected chi connectivity index (χ2v) is 7.45. The van der Waals surface area contributed by atoms with Gasteiger partial charge in [-0.05, 0) is 43.7 Å². The number of hydrogen-bond acceptors (Lipinski definition) is 4. The Balaban J connectivity index is 0.00000280. The van der Waals surface area contributed by atoms with Crippen molar-refractivity contribution in [3.8, 4) is 0 Å². The van der Waals surface area contributed by atoms with Crippen LogP contribution in [-0.2, 0) is 6.42 Å². The number of rotatable bonds is 8. The van der Waals surface area contributed by atoms with Gasteiger partial charge in [-0.3, -0.25) is 9.39 Å². The zero-order valence-corrected chi connectivity index (χ0v) is 19.1. The smallest absolute Gasteiger partial charge is 0.191 e. The van der Waals surface area contributed by atoms with E-state index in [0.717, 1.165) is 49.9 Å². The van der Waals surface area contributed by atoms with E-state index in [2.05, 4.69) is 27.8 Å². The summed E-state index contributed by atoms with van der Waals surface area (Å²) in [6.45, 7) is 4.67. The molecule has 0 aromatic carbocycles. The van der Waals surface area contributed by atoms with Gasteiger partial charge in [-0.2, -0.15) is 0 Å². The van der Waals surface area contributed by atoms with E-state index in [-0.39, 0.29) is 36.0 Å². The van der Waals surface area contributed by atoms with E-state index in [1.54, 1.807) is 0 Å². The first-order valence-corrected chi connectivity index (χ1v) is 10.2. The largest absolute Gasteiger partial charge is 0.396 e. The fourth-order valence-electron chi connectivity index (χ4n) is 3.97. The maximum absolute atomic E-state index is 9.49. The number of guanidine groups is 1. The molecule has 2 aromatic rings. The number of fused-ring (bicyclic) bond motifs is 1. The summed E-state index contributed by atoms with van der Waals surface area (Å²) >= 11 is 0. The Hall–Kier alpha value is -1.42.